The van der Waals surface area contributed by atoms with E-state index >= 15 is 0 Å². The lowest BCUT2D eigenvalue weighted by atomic mass is 9.35. The van der Waals surface area contributed by atoms with Crippen LogP contribution in [0.5, 0.6) is 0 Å². The SMILES string of the molecule is CCC(C)c1cc2c3c(c1)N(c1ccc4c(c1)C(C)(C)CCC4(C)C)c1c(sc4cc5c(cc14)C(C)(C)CCC5(C)C)B3c1cc3c(cc1N2c1cc(C(C)(C)C)ccc1C)C(C)(C)CCC3(C)C. The third-order valence-corrected chi connectivity index (χ3v) is 20.4. The van der Waals surface area contributed by atoms with Gasteiger partial charge < -0.3 is 9.80 Å². The molecule has 4 heteroatoms. The maximum Gasteiger partial charge on any atom is 0.264 e. The van der Waals surface area contributed by atoms with Gasteiger partial charge in [0.25, 0.3) is 6.71 Å². The summed E-state index contributed by atoms with van der Waals surface area (Å²) in [5.74, 6) is 0.388. The minimum Gasteiger partial charge on any atom is -0.311 e. The van der Waals surface area contributed by atoms with Gasteiger partial charge >= 0.3 is 0 Å². The van der Waals surface area contributed by atoms with E-state index in [0.717, 1.165) is 6.42 Å². The zero-order chi connectivity index (χ0) is 49.5. The first kappa shape index (κ1) is 47.1. The average Bonchev–Trinajstić information content (AvgIpc) is 3.65. The van der Waals surface area contributed by atoms with E-state index in [1.165, 1.54) is 132 Å². The number of nitrogens with zero attached hydrogens (tertiary/aromatic N) is 2. The highest BCUT2D eigenvalue weighted by molar-refractivity contribution is 7.33. The van der Waals surface area contributed by atoms with Crippen LogP contribution in [0.25, 0.3) is 10.1 Å². The molecule has 0 N–H and O–H groups in total. The number of hydrogen-bond acceptors (Lipinski definition) is 3. The zero-order valence-electron chi connectivity index (χ0n) is 45.8. The molecule has 69 heavy (non-hydrogen) atoms. The Morgan fingerprint density at radius 2 is 1.06 bits per heavy atom. The van der Waals surface area contributed by atoms with E-state index in [-0.39, 0.29) is 44.6 Å². The van der Waals surface area contributed by atoms with Gasteiger partial charge in [0.1, 0.15) is 0 Å². The Morgan fingerprint density at radius 3 is 1.62 bits per heavy atom. The molecule has 3 aliphatic carbocycles. The molecule has 1 atom stereocenters. The second-order valence-electron chi connectivity index (χ2n) is 27.8. The van der Waals surface area contributed by atoms with E-state index in [9.17, 15) is 0 Å². The Hall–Kier alpha value is -4.28. The molecule has 0 saturated heterocycles. The van der Waals surface area contributed by atoms with E-state index in [1.807, 2.05) is 0 Å². The van der Waals surface area contributed by atoms with Crippen molar-refractivity contribution >= 4 is 78.0 Å². The number of thiophene rings is 1. The van der Waals surface area contributed by atoms with E-state index in [4.69, 9.17) is 0 Å². The smallest absolute Gasteiger partial charge is 0.264 e. The fourth-order valence-corrected chi connectivity index (χ4v) is 15.0. The molecule has 5 aliphatic rings. The number of aryl methyl sites for hydroxylation is 1. The Kier molecular flexibility index (Phi) is 10.2. The van der Waals surface area contributed by atoms with Crippen molar-refractivity contribution in [2.24, 2.45) is 0 Å². The van der Waals surface area contributed by atoms with Crippen molar-refractivity contribution in [3.63, 3.8) is 0 Å². The van der Waals surface area contributed by atoms with Gasteiger partial charge in [-0.15, -0.1) is 11.3 Å². The minimum atomic E-state index is 0.00331. The summed E-state index contributed by atoms with van der Waals surface area (Å²) in [5, 5.41) is 1.43. The molecule has 1 aromatic heterocycles. The number of hydrogen-bond donors (Lipinski definition) is 0. The molecule has 5 aromatic carbocycles. The quantitative estimate of drug-likeness (QED) is 0.162. The van der Waals surface area contributed by atoms with Gasteiger partial charge in [-0.25, -0.2) is 0 Å². The van der Waals surface area contributed by atoms with Crippen LogP contribution in [0.4, 0.5) is 34.1 Å². The van der Waals surface area contributed by atoms with E-state index in [2.05, 4.69) is 219 Å². The lowest BCUT2D eigenvalue weighted by molar-refractivity contribution is 0.332. The molecular formula is C65H81BN2S. The number of fused-ring (bicyclic) bond motifs is 9. The van der Waals surface area contributed by atoms with Crippen LogP contribution >= 0.6 is 11.3 Å². The van der Waals surface area contributed by atoms with Crippen LogP contribution in [-0.4, -0.2) is 6.71 Å². The normalized spacial score (nSPS) is 21.2. The van der Waals surface area contributed by atoms with Gasteiger partial charge in [-0.1, -0.05) is 142 Å². The van der Waals surface area contributed by atoms with Crippen molar-refractivity contribution < 1.29 is 0 Å². The molecule has 2 aliphatic heterocycles. The van der Waals surface area contributed by atoms with Crippen molar-refractivity contribution in [3.05, 3.63) is 123 Å². The molecule has 1 unspecified atom stereocenters. The summed E-state index contributed by atoms with van der Waals surface area (Å²) in [6.45, 7) is 44.4. The number of anilines is 6. The van der Waals surface area contributed by atoms with Crippen LogP contribution < -0.4 is 25.5 Å². The first-order valence-corrected chi connectivity index (χ1v) is 27.7. The lowest BCUT2D eigenvalue weighted by Crippen LogP contribution is -2.61. The van der Waals surface area contributed by atoms with Gasteiger partial charge in [0.15, 0.2) is 0 Å². The van der Waals surface area contributed by atoms with Crippen LogP contribution in [0.15, 0.2) is 72.8 Å². The van der Waals surface area contributed by atoms with E-state index < -0.39 is 0 Å². The molecule has 0 fully saturated rings. The fraction of sp³-hybridized carbons (Fsp3) is 0.508. The summed E-state index contributed by atoms with van der Waals surface area (Å²) < 4.78 is 2.93. The molecule has 3 heterocycles. The topological polar surface area (TPSA) is 6.48 Å². The highest BCUT2D eigenvalue weighted by Gasteiger charge is 2.49. The molecular weight excluding hydrogens is 852 g/mol. The van der Waals surface area contributed by atoms with E-state index in [1.54, 1.807) is 16.7 Å². The molecule has 360 valence electrons. The average molecular weight is 933 g/mol. The van der Waals surface area contributed by atoms with Gasteiger partial charge in [-0.2, -0.15) is 0 Å². The van der Waals surface area contributed by atoms with Gasteiger partial charge in [-0.05, 0) is 205 Å². The van der Waals surface area contributed by atoms with E-state index in [0.29, 0.717) is 5.92 Å². The Labute approximate surface area is 421 Å². The minimum absolute atomic E-state index is 0.00331. The molecule has 0 saturated carbocycles. The first-order chi connectivity index (χ1) is 32.1. The van der Waals surface area contributed by atoms with Crippen LogP contribution in [0.2, 0.25) is 0 Å². The Balaban J connectivity index is 1.32. The zero-order valence-corrected chi connectivity index (χ0v) is 46.7. The summed E-state index contributed by atoms with van der Waals surface area (Å²) in [6, 6.07) is 31.1. The molecule has 11 rings (SSSR count). The molecule has 0 radical (unpaired) electrons. The van der Waals surface area contributed by atoms with Crippen LogP contribution in [0, 0.1) is 6.92 Å². The van der Waals surface area contributed by atoms with Crippen molar-refractivity contribution in [2.75, 3.05) is 9.80 Å². The van der Waals surface area contributed by atoms with Gasteiger partial charge in [0.05, 0.1) is 5.69 Å². The molecule has 2 nitrogen and oxygen atoms in total. The second kappa shape index (κ2) is 14.9. The summed E-state index contributed by atoms with van der Waals surface area (Å²) >= 11 is 2.10. The fourth-order valence-electron chi connectivity index (χ4n) is 13.7. The van der Waals surface area contributed by atoms with Crippen molar-refractivity contribution in [1.29, 1.82) is 0 Å². The highest BCUT2D eigenvalue weighted by Crippen LogP contribution is 2.56. The lowest BCUT2D eigenvalue weighted by Gasteiger charge is -2.47. The predicted octanol–water partition coefficient (Wildman–Crippen LogP) is 17.2. The van der Waals surface area contributed by atoms with Gasteiger partial charge in [0.2, 0.25) is 0 Å². The number of rotatable bonds is 4. The first-order valence-electron chi connectivity index (χ1n) is 26.9. The summed E-state index contributed by atoms with van der Waals surface area (Å²) in [6.07, 6.45) is 8.28. The second-order valence-corrected chi connectivity index (χ2v) is 28.9. The van der Waals surface area contributed by atoms with Gasteiger partial charge in [0, 0.05) is 43.3 Å². The van der Waals surface area contributed by atoms with Crippen LogP contribution in [-0.2, 0) is 37.9 Å². The Morgan fingerprint density at radius 1 is 0.551 bits per heavy atom. The van der Waals surface area contributed by atoms with Crippen LogP contribution in [0.3, 0.4) is 0 Å². The Bertz CT molecular complexity index is 3140. The van der Waals surface area contributed by atoms with Crippen molar-refractivity contribution in [3.8, 4) is 0 Å². The monoisotopic (exact) mass is 933 g/mol. The molecule has 0 bridgehead atoms. The number of benzene rings is 5. The third-order valence-electron chi connectivity index (χ3n) is 19.2. The largest absolute Gasteiger partial charge is 0.311 e. The maximum atomic E-state index is 2.80. The standard InChI is InChI=1S/C65H81BN2S/c1-19-38(2)40-30-53-56-54(31-40)68(51-32-41(59(4,5)6)21-20-39(51)3)52-36-48-47(63(13,14)27-28-64(48,15)16)35-50(52)66(56)58-57(43-34-46-49(37-55(43)69-58)65(17,18)29-26-62(46,11)12)67(53)42-22-23-44-45(33-42)61(9,10)25-24-60(44,7)8/h20-23,30-38H,19,24-29H2,1-18H3. The summed E-state index contributed by atoms with van der Waals surface area (Å²) in [5.41, 5.74) is 24.9. The van der Waals surface area contributed by atoms with Gasteiger partial charge in [-0.3, -0.25) is 0 Å². The highest BCUT2D eigenvalue weighted by atomic mass is 32.1. The van der Waals surface area contributed by atoms with Crippen LogP contribution in [0.1, 0.15) is 219 Å². The van der Waals surface area contributed by atoms with Crippen molar-refractivity contribution in [1.82, 2.24) is 0 Å². The third kappa shape index (κ3) is 6.96. The molecule has 0 amide bonds. The predicted molar refractivity (Wildman–Crippen MR) is 304 cm³/mol. The molecule has 6 aromatic rings. The maximum absolute atomic E-state index is 2.80. The summed E-state index contributed by atoms with van der Waals surface area (Å²) in [7, 11) is 0. The van der Waals surface area contributed by atoms with Crippen molar-refractivity contribution in [2.45, 2.75) is 213 Å². The summed E-state index contributed by atoms with van der Waals surface area (Å²) in [4.78, 5) is 5.56. The molecule has 0 spiro atoms.